The molecule has 0 radical (unpaired) electrons. The number of imidazole rings is 2. The molecule has 0 saturated heterocycles. The Morgan fingerprint density at radius 2 is 1.69 bits per heavy atom. The molecule has 1 fully saturated rings. The summed E-state index contributed by atoms with van der Waals surface area (Å²) >= 11 is 0. The first-order valence-corrected chi connectivity index (χ1v) is 10.4. The lowest BCUT2D eigenvalue weighted by Gasteiger charge is -2.28. The maximum atomic E-state index is 12.5. The van der Waals surface area contributed by atoms with E-state index in [-0.39, 0.29) is 11.9 Å². The third kappa shape index (κ3) is 3.88. The minimum atomic E-state index is 0.0979. The number of amides is 1. The number of aromatic amines is 2. The second-order valence-corrected chi connectivity index (χ2v) is 7.97. The SMILES string of the molecule is O=C(CCc1nc2ccccc2[nH]1)NC1CCCC(c2nc3ccccc3[nH]2)C1. The Balaban J connectivity index is 1.18. The monoisotopic (exact) mass is 387 g/mol. The summed E-state index contributed by atoms with van der Waals surface area (Å²) in [7, 11) is 0. The van der Waals surface area contributed by atoms with E-state index in [0.717, 1.165) is 59.4 Å². The van der Waals surface area contributed by atoms with Crippen LogP contribution in [0.3, 0.4) is 0 Å². The van der Waals surface area contributed by atoms with E-state index in [4.69, 9.17) is 4.98 Å². The van der Waals surface area contributed by atoms with E-state index in [1.165, 1.54) is 0 Å². The van der Waals surface area contributed by atoms with Gasteiger partial charge in [0.05, 0.1) is 22.1 Å². The van der Waals surface area contributed by atoms with Crippen LogP contribution in [0.1, 0.15) is 49.7 Å². The molecule has 2 unspecified atom stereocenters. The lowest BCUT2D eigenvalue weighted by atomic mass is 9.85. The van der Waals surface area contributed by atoms with E-state index in [2.05, 4.69) is 26.3 Å². The van der Waals surface area contributed by atoms with Crippen LogP contribution in [0.5, 0.6) is 0 Å². The van der Waals surface area contributed by atoms with E-state index in [9.17, 15) is 4.79 Å². The maximum absolute atomic E-state index is 12.5. The molecule has 0 spiro atoms. The van der Waals surface area contributed by atoms with Gasteiger partial charge in [-0.15, -0.1) is 0 Å². The molecule has 6 heteroatoms. The molecule has 29 heavy (non-hydrogen) atoms. The van der Waals surface area contributed by atoms with Crippen molar-refractivity contribution in [1.29, 1.82) is 0 Å². The highest BCUT2D eigenvalue weighted by Crippen LogP contribution is 2.32. The molecular formula is C23H25N5O. The minimum Gasteiger partial charge on any atom is -0.353 e. The Bertz CT molecular complexity index is 1080. The maximum Gasteiger partial charge on any atom is 0.220 e. The first kappa shape index (κ1) is 17.9. The smallest absolute Gasteiger partial charge is 0.220 e. The largest absolute Gasteiger partial charge is 0.353 e. The summed E-state index contributed by atoms with van der Waals surface area (Å²) in [5.41, 5.74) is 4.06. The van der Waals surface area contributed by atoms with Crippen molar-refractivity contribution in [2.45, 2.75) is 50.5 Å². The molecule has 1 amide bonds. The third-order valence-corrected chi connectivity index (χ3v) is 5.86. The number of fused-ring (bicyclic) bond motifs is 2. The van der Waals surface area contributed by atoms with E-state index >= 15 is 0 Å². The molecule has 2 heterocycles. The van der Waals surface area contributed by atoms with Gasteiger partial charge in [-0.05, 0) is 43.5 Å². The Kier molecular flexibility index (Phi) is 4.76. The predicted octanol–water partition coefficient (Wildman–Crippen LogP) is 4.21. The Morgan fingerprint density at radius 1 is 0.966 bits per heavy atom. The van der Waals surface area contributed by atoms with Crippen molar-refractivity contribution in [3.63, 3.8) is 0 Å². The number of hydrogen-bond donors (Lipinski definition) is 3. The van der Waals surface area contributed by atoms with Gasteiger partial charge in [0.1, 0.15) is 11.6 Å². The van der Waals surface area contributed by atoms with Gasteiger partial charge < -0.3 is 15.3 Å². The van der Waals surface area contributed by atoms with E-state index < -0.39 is 0 Å². The van der Waals surface area contributed by atoms with Gasteiger partial charge in [-0.1, -0.05) is 30.7 Å². The van der Waals surface area contributed by atoms with Crippen molar-refractivity contribution < 1.29 is 4.79 Å². The number of carbonyl (C=O) groups is 1. The molecule has 2 atom stereocenters. The second kappa shape index (κ2) is 7.70. The summed E-state index contributed by atoms with van der Waals surface area (Å²) in [6.07, 6.45) is 5.27. The Labute approximate surface area is 169 Å². The van der Waals surface area contributed by atoms with Gasteiger partial charge in [0.2, 0.25) is 5.91 Å². The zero-order chi connectivity index (χ0) is 19.6. The molecule has 5 rings (SSSR count). The van der Waals surface area contributed by atoms with Gasteiger partial charge in [-0.2, -0.15) is 0 Å². The number of nitrogens with zero attached hydrogens (tertiary/aromatic N) is 2. The lowest BCUT2D eigenvalue weighted by Crippen LogP contribution is -2.38. The molecule has 1 aliphatic rings. The fraction of sp³-hybridized carbons (Fsp3) is 0.348. The predicted molar refractivity (Wildman–Crippen MR) is 114 cm³/mol. The van der Waals surface area contributed by atoms with Crippen molar-refractivity contribution in [2.24, 2.45) is 0 Å². The van der Waals surface area contributed by atoms with Crippen LogP contribution in [0.15, 0.2) is 48.5 Å². The minimum absolute atomic E-state index is 0.0979. The van der Waals surface area contributed by atoms with Crippen LogP contribution in [0.4, 0.5) is 0 Å². The summed E-state index contributed by atoms with van der Waals surface area (Å²) in [5.74, 6) is 2.38. The van der Waals surface area contributed by atoms with Crippen LogP contribution in [-0.4, -0.2) is 31.9 Å². The van der Waals surface area contributed by atoms with Crippen LogP contribution in [0, 0.1) is 0 Å². The van der Waals surface area contributed by atoms with Gasteiger partial charge in [0.15, 0.2) is 0 Å². The van der Waals surface area contributed by atoms with Crippen LogP contribution in [0.2, 0.25) is 0 Å². The average Bonchev–Trinajstić information content (AvgIpc) is 3.36. The number of aromatic nitrogens is 4. The molecule has 2 aromatic carbocycles. The number of nitrogens with one attached hydrogen (secondary N) is 3. The number of hydrogen-bond acceptors (Lipinski definition) is 3. The lowest BCUT2D eigenvalue weighted by molar-refractivity contribution is -0.122. The number of aryl methyl sites for hydroxylation is 1. The van der Waals surface area contributed by atoms with Gasteiger partial charge in [-0.3, -0.25) is 4.79 Å². The number of para-hydroxylation sites is 4. The quantitative estimate of drug-likeness (QED) is 0.479. The van der Waals surface area contributed by atoms with Crippen molar-refractivity contribution in [3.8, 4) is 0 Å². The summed E-state index contributed by atoms with van der Waals surface area (Å²) in [4.78, 5) is 28.6. The van der Waals surface area contributed by atoms with E-state index in [1.54, 1.807) is 0 Å². The molecule has 4 aromatic rings. The zero-order valence-corrected chi connectivity index (χ0v) is 16.3. The van der Waals surface area contributed by atoms with E-state index in [1.807, 2.05) is 42.5 Å². The topological polar surface area (TPSA) is 86.5 Å². The normalized spacial score (nSPS) is 19.6. The first-order valence-electron chi connectivity index (χ1n) is 10.4. The summed E-state index contributed by atoms with van der Waals surface area (Å²) in [6, 6.07) is 16.3. The van der Waals surface area contributed by atoms with Crippen molar-refractivity contribution in [1.82, 2.24) is 25.3 Å². The highest BCUT2D eigenvalue weighted by molar-refractivity contribution is 5.77. The fourth-order valence-corrected chi connectivity index (χ4v) is 4.39. The van der Waals surface area contributed by atoms with Crippen molar-refractivity contribution >= 4 is 28.0 Å². The van der Waals surface area contributed by atoms with Gasteiger partial charge >= 0.3 is 0 Å². The Hall–Kier alpha value is -3.15. The molecule has 1 aliphatic carbocycles. The van der Waals surface area contributed by atoms with Crippen LogP contribution >= 0.6 is 0 Å². The highest BCUT2D eigenvalue weighted by Gasteiger charge is 2.26. The Morgan fingerprint density at radius 3 is 2.45 bits per heavy atom. The summed E-state index contributed by atoms with van der Waals surface area (Å²) in [6.45, 7) is 0. The molecular weight excluding hydrogens is 362 g/mol. The summed E-state index contributed by atoms with van der Waals surface area (Å²) in [5, 5.41) is 3.23. The summed E-state index contributed by atoms with van der Waals surface area (Å²) < 4.78 is 0. The zero-order valence-electron chi connectivity index (χ0n) is 16.3. The number of carbonyl (C=O) groups excluding carboxylic acids is 1. The number of H-pyrrole nitrogens is 2. The van der Waals surface area contributed by atoms with Crippen molar-refractivity contribution in [3.05, 3.63) is 60.2 Å². The fourth-order valence-electron chi connectivity index (χ4n) is 4.39. The average molecular weight is 387 g/mol. The van der Waals surface area contributed by atoms with Crippen LogP contribution < -0.4 is 5.32 Å². The molecule has 6 nitrogen and oxygen atoms in total. The van der Waals surface area contributed by atoms with Crippen LogP contribution in [0.25, 0.3) is 22.1 Å². The van der Waals surface area contributed by atoms with Gasteiger partial charge in [0, 0.05) is 24.8 Å². The first-order chi connectivity index (χ1) is 14.2. The highest BCUT2D eigenvalue weighted by atomic mass is 16.1. The number of rotatable bonds is 5. The van der Waals surface area contributed by atoms with Crippen LogP contribution in [-0.2, 0) is 11.2 Å². The molecule has 0 aliphatic heterocycles. The van der Waals surface area contributed by atoms with Gasteiger partial charge in [0.25, 0.3) is 0 Å². The standard InChI is InChI=1S/C23H25N5O/c29-22(13-12-21-25-17-8-1-2-9-18(17)26-21)24-16-7-5-6-15(14-16)23-27-19-10-3-4-11-20(19)28-23/h1-4,8-11,15-16H,5-7,12-14H2,(H,24,29)(H,25,26)(H,27,28). The van der Waals surface area contributed by atoms with E-state index in [0.29, 0.717) is 18.8 Å². The molecule has 1 saturated carbocycles. The second-order valence-electron chi connectivity index (χ2n) is 7.97. The number of benzene rings is 2. The third-order valence-electron chi connectivity index (χ3n) is 5.86. The van der Waals surface area contributed by atoms with Crippen molar-refractivity contribution in [2.75, 3.05) is 0 Å². The molecule has 0 bridgehead atoms. The molecule has 148 valence electrons. The molecule has 3 N–H and O–H groups in total. The molecule has 2 aromatic heterocycles. The van der Waals surface area contributed by atoms with Gasteiger partial charge in [-0.25, -0.2) is 9.97 Å².